The molecule has 18 heavy (non-hydrogen) atoms. The Balaban J connectivity index is 1.98. The minimum absolute atomic E-state index is 0.0673. The third kappa shape index (κ3) is 3.22. The van der Waals surface area contributed by atoms with Gasteiger partial charge in [-0.3, -0.25) is 4.90 Å². The maximum Gasteiger partial charge on any atom is 0.118 e. The molecule has 0 bridgehead atoms. The largest absolute Gasteiger partial charge is 0.497 e. The van der Waals surface area contributed by atoms with Gasteiger partial charge in [0.05, 0.1) is 26.4 Å². The van der Waals surface area contributed by atoms with E-state index in [4.69, 9.17) is 9.47 Å². The molecule has 1 fully saturated rings. The normalized spacial score (nSPS) is 18.0. The Morgan fingerprint density at radius 1 is 1.33 bits per heavy atom. The van der Waals surface area contributed by atoms with Crippen LogP contribution in [-0.4, -0.2) is 44.4 Å². The lowest BCUT2D eigenvalue weighted by Gasteiger charge is -2.30. The molecule has 96 valence electrons. The Morgan fingerprint density at radius 3 is 2.56 bits per heavy atom. The first-order chi connectivity index (χ1) is 8.83. The third-order valence-electron chi connectivity index (χ3n) is 3.22. The molecule has 0 radical (unpaired) electrons. The number of benzene rings is 1. The molecule has 0 aliphatic carbocycles. The van der Waals surface area contributed by atoms with Crippen molar-refractivity contribution in [1.82, 2.24) is 4.90 Å². The van der Waals surface area contributed by atoms with Gasteiger partial charge in [-0.2, -0.15) is 5.26 Å². The molecular formula is C14H18N2O2. The van der Waals surface area contributed by atoms with Gasteiger partial charge in [-0.25, -0.2) is 0 Å². The summed E-state index contributed by atoms with van der Waals surface area (Å²) in [6.45, 7) is 3.13. The second-order valence-electron chi connectivity index (χ2n) is 4.35. The summed E-state index contributed by atoms with van der Waals surface area (Å²) in [7, 11) is 1.65. The van der Waals surface area contributed by atoms with Gasteiger partial charge in [0.25, 0.3) is 0 Å². The third-order valence-corrected chi connectivity index (χ3v) is 3.22. The molecule has 1 aromatic carbocycles. The number of methoxy groups -OCH3 is 1. The summed E-state index contributed by atoms with van der Waals surface area (Å²) in [5, 5.41) is 9.28. The first kappa shape index (κ1) is 12.9. The second kappa shape index (κ2) is 6.39. The lowest BCUT2D eigenvalue weighted by atomic mass is 10.1. The molecule has 0 spiro atoms. The van der Waals surface area contributed by atoms with Crippen LogP contribution in [0.1, 0.15) is 5.56 Å². The minimum Gasteiger partial charge on any atom is -0.497 e. The summed E-state index contributed by atoms with van der Waals surface area (Å²) < 4.78 is 10.4. The van der Waals surface area contributed by atoms with E-state index in [9.17, 15) is 5.26 Å². The quantitative estimate of drug-likeness (QED) is 0.807. The lowest BCUT2D eigenvalue weighted by Crippen LogP contribution is -2.43. The summed E-state index contributed by atoms with van der Waals surface area (Å²) in [6, 6.07) is 10.2. The van der Waals surface area contributed by atoms with Crippen molar-refractivity contribution in [1.29, 1.82) is 5.26 Å². The lowest BCUT2D eigenvalue weighted by molar-refractivity contribution is 0.0270. The Labute approximate surface area is 108 Å². The van der Waals surface area contributed by atoms with Crippen LogP contribution in [-0.2, 0) is 11.2 Å². The first-order valence-electron chi connectivity index (χ1n) is 6.18. The number of hydrogen-bond donors (Lipinski definition) is 0. The van der Waals surface area contributed by atoms with Crippen LogP contribution < -0.4 is 4.74 Å². The van der Waals surface area contributed by atoms with Gasteiger partial charge in [0.15, 0.2) is 0 Å². The summed E-state index contributed by atoms with van der Waals surface area (Å²) in [4.78, 5) is 2.19. The van der Waals surface area contributed by atoms with Crippen molar-refractivity contribution in [2.75, 3.05) is 33.4 Å². The van der Waals surface area contributed by atoms with Crippen LogP contribution in [0.25, 0.3) is 0 Å². The highest BCUT2D eigenvalue weighted by Gasteiger charge is 2.20. The fourth-order valence-electron chi connectivity index (χ4n) is 2.13. The molecule has 0 aromatic heterocycles. The van der Waals surface area contributed by atoms with Crippen LogP contribution in [0.2, 0.25) is 0 Å². The van der Waals surface area contributed by atoms with Crippen molar-refractivity contribution in [3.8, 4) is 11.8 Å². The smallest absolute Gasteiger partial charge is 0.118 e. The number of nitriles is 1. The zero-order valence-electron chi connectivity index (χ0n) is 10.6. The predicted octanol–water partition coefficient (Wildman–Crippen LogP) is 1.46. The Hall–Kier alpha value is -1.57. The van der Waals surface area contributed by atoms with Crippen LogP contribution in [0, 0.1) is 11.3 Å². The maximum absolute atomic E-state index is 9.28. The van der Waals surface area contributed by atoms with Gasteiger partial charge >= 0.3 is 0 Å². The van der Waals surface area contributed by atoms with Crippen molar-refractivity contribution in [2.24, 2.45) is 0 Å². The fraction of sp³-hybridized carbons (Fsp3) is 0.500. The van der Waals surface area contributed by atoms with Gasteiger partial charge < -0.3 is 9.47 Å². The van der Waals surface area contributed by atoms with E-state index in [2.05, 4.69) is 11.0 Å². The number of rotatable bonds is 4. The monoisotopic (exact) mass is 246 g/mol. The van der Waals surface area contributed by atoms with Crippen LogP contribution in [0.5, 0.6) is 5.75 Å². The van der Waals surface area contributed by atoms with E-state index in [1.807, 2.05) is 24.3 Å². The summed E-state index contributed by atoms with van der Waals surface area (Å²) >= 11 is 0. The zero-order chi connectivity index (χ0) is 12.8. The molecule has 1 heterocycles. The van der Waals surface area contributed by atoms with Gasteiger partial charge in [-0.1, -0.05) is 12.1 Å². The van der Waals surface area contributed by atoms with Gasteiger partial charge in [0, 0.05) is 19.5 Å². The molecule has 1 aliphatic heterocycles. The average Bonchev–Trinajstić information content (AvgIpc) is 2.46. The van der Waals surface area contributed by atoms with E-state index >= 15 is 0 Å². The van der Waals surface area contributed by atoms with E-state index in [0.29, 0.717) is 0 Å². The molecule has 0 N–H and O–H groups in total. The number of hydrogen-bond acceptors (Lipinski definition) is 4. The van der Waals surface area contributed by atoms with Gasteiger partial charge in [-0.15, -0.1) is 0 Å². The van der Waals surface area contributed by atoms with E-state index in [-0.39, 0.29) is 6.04 Å². The number of ether oxygens (including phenoxy) is 2. The van der Waals surface area contributed by atoms with Crippen LogP contribution >= 0.6 is 0 Å². The van der Waals surface area contributed by atoms with Crippen LogP contribution in [0.4, 0.5) is 0 Å². The maximum atomic E-state index is 9.28. The Morgan fingerprint density at radius 2 is 2.00 bits per heavy atom. The SMILES string of the molecule is COc1ccc(CC(C#N)N2CCOCC2)cc1. The summed E-state index contributed by atoms with van der Waals surface area (Å²) in [5.74, 6) is 0.846. The molecular weight excluding hydrogens is 228 g/mol. The highest BCUT2D eigenvalue weighted by Crippen LogP contribution is 2.15. The Kier molecular flexibility index (Phi) is 4.57. The average molecular weight is 246 g/mol. The molecule has 1 atom stereocenters. The molecule has 4 heteroatoms. The minimum atomic E-state index is -0.0673. The molecule has 4 nitrogen and oxygen atoms in total. The highest BCUT2D eigenvalue weighted by atomic mass is 16.5. The summed E-state index contributed by atoms with van der Waals surface area (Å²) in [6.07, 6.45) is 0.750. The van der Waals surface area contributed by atoms with Crippen molar-refractivity contribution in [3.05, 3.63) is 29.8 Å². The van der Waals surface area contributed by atoms with E-state index in [0.717, 1.165) is 44.0 Å². The zero-order valence-corrected chi connectivity index (χ0v) is 10.6. The van der Waals surface area contributed by atoms with Gasteiger partial charge in [0.1, 0.15) is 11.8 Å². The first-order valence-corrected chi connectivity index (χ1v) is 6.18. The predicted molar refractivity (Wildman–Crippen MR) is 68.5 cm³/mol. The Bertz CT molecular complexity index is 405. The van der Waals surface area contributed by atoms with E-state index < -0.39 is 0 Å². The molecule has 2 rings (SSSR count). The molecule has 0 saturated carbocycles. The topological polar surface area (TPSA) is 45.5 Å². The van der Waals surface area contributed by atoms with Crippen molar-refractivity contribution >= 4 is 0 Å². The number of morpholine rings is 1. The van der Waals surface area contributed by atoms with E-state index in [1.165, 1.54) is 0 Å². The number of nitrogens with zero attached hydrogens (tertiary/aromatic N) is 2. The molecule has 0 amide bonds. The molecule has 1 unspecified atom stereocenters. The van der Waals surface area contributed by atoms with E-state index in [1.54, 1.807) is 7.11 Å². The van der Waals surface area contributed by atoms with Crippen molar-refractivity contribution in [2.45, 2.75) is 12.5 Å². The highest BCUT2D eigenvalue weighted by molar-refractivity contribution is 5.28. The van der Waals surface area contributed by atoms with Crippen molar-refractivity contribution in [3.63, 3.8) is 0 Å². The molecule has 1 saturated heterocycles. The van der Waals surface area contributed by atoms with Gasteiger partial charge in [0.2, 0.25) is 0 Å². The van der Waals surface area contributed by atoms with Crippen LogP contribution in [0.3, 0.4) is 0 Å². The van der Waals surface area contributed by atoms with Crippen molar-refractivity contribution < 1.29 is 9.47 Å². The standard InChI is InChI=1S/C14H18N2O2/c1-17-14-4-2-12(3-5-14)10-13(11-15)16-6-8-18-9-7-16/h2-5,13H,6-10H2,1H3. The molecule has 1 aromatic rings. The fourth-order valence-corrected chi connectivity index (χ4v) is 2.13. The molecule has 1 aliphatic rings. The summed E-state index contributed by atoms with van der Waals surface area (Å²) in [5.41, 5.74) is 1.16. The van der Waals surface area contributed by atoms with Crippen LogP contribution in [0.15, 0.2) is 24.3 Å². The van der Waals surface area contributed by atoms with Gasteiger partial charge in [-0.05, 0) is 17.7 Å². The second-order valence-corrected chi connectivity index (χ2v) is 4.35.